The molecule has 0 spiro atoms. The number of anilines is 1. The van der Waals surface area contributed by atoms with Crippen LogP contribution in [0.4, 0.5) is 23.8 Å². The minimum absolute atomic E-state index is 0.0213. The van der Waals surface area contributed by atoms with Gasteiger partial charge in [0.15, 0.2) is 5.69 Å². The van der Waals surface area contributed by atoms with Gasteiger partial charge < -0.3 is 20.0 Å². The number of carboxylic acids is 1. The third-order valence-corrected chi connectivity index (χ3v) is 5.50. The summed E-state index contributed by atoms with van der Waals surface area (Å²) >= 11 is 0.737. The zero-order chi connectivity index (χ0) is 25.6. The summed E-state index contributed by atoms with van der Waals surface area (Å²) in [5, 5.41) is 17.3. The number of carboxylic acid groups (broad SMARTS) is 1. The Kier molecular flexibility index (Phi) is 8.22. The van der Waals surface area contributed by atoms with Crippen molar-refractivity contribution in [3.8, 4) is 27.6 Å². The van der Waals surface area contributed by atoms with Crippen molar-refractivity contribution in [2.75, 3.05) is 18.5 Å². The molecular weight excluding hydrogens is 487 g/mol. The lowest BCUT2D eigenvalue weighted by molar-refractivity contribution is -0.255. The largest absolute Gasteiger partial charge is 0.545 e. The highest BCUT2D eigenvalue weighted by molar-refractivity contribution is 7.13. The van der Waals surface area contributed by atoms with Crippen molar-refractivity contribution >= 4 is 29.2 Å². The normalized spacial score (nSPS) is 11.2. The molecule has 0 radical (unpaired) electrons. The van der Waals surface area contributed by atoms with E-state index in [-0.39, 0.29) is 45.6 Å². The number of ether oxygens (including phenoxy) is 1. The SMILES string of the molecule is CCCCOc1ncc(C(=O)[O-])cc1-c1cnc(NC(=O)NCC)cc1-c1nc(C(F)(F)F)cs1. The second kappa shape index (κ2) is 11.1. The van der Waals surface area contributed by atoms with Crippen molar-refractivity contribution in [3.05, 3.63) is 41.2 Å². The van der Waals surface area contributed by atoms with Gasteiger partial charge in [0.1, 0.15) is 10.8 Å². The molecule has 0 aromatic carbocycles. The van der Waals surface area contributed by atoms with Crippen molar-refractivity contribution in [1.29, 1.82) is 0 Å². The number of urea groups is 1. The molecule has 0 aliphatic carbocycles. The van der Waals surface area contributed by atoms with E-state index in [1.807, 2.05) is 6.92 Å². The Morgan fingerprint density at radius 3 is 2.51 bits per heavy atom. The van der Waals surface area contributed by atoms with Gasteiger partial charge in [-0.3, -0.25) is 5.32 Å². The number of nitrogens with zero attached hydrogens (tertiary/aromatic N) is 3. The molecule has 2 N–H and O–H groups in total. The number of alkyl halides is 3. The van der Waals surface area contributed by atoms with E-state index in [1.54, 1.807) is 6.92 Å². The number of halogens is 3. The molecule has 0 aliphatic heterocycles. The number of carbonyl (C=O) groups is 2. The van der Waals surface area contributed by atoms with Gasteiger partial charge in [-0.1, -0.05) is 13.3 Å². The van der Waals surface area contributed by atoms with Gasteiger partial charge in [-0.2, -0.15) is 13.2 Å². The van der Waals surface area contributed by atoms with E-state index in [2.05, 4.69) is 25.6 Å². The first kappa shape index (κ1) is 25.9. The fraction of sp³-hybridized carbons (Fsp3) is 0.318. The Bertz CT molecular complexity index is 1220. The molecule has 0 atom stereocenters. The number of aromatic nitrogens is 3. The Hall–Kier alpha value is -3.74. The van der Waals surface area contributed by atoms with Gasteiger partial charge in [0.2, 0.25) is 5.88 Å². The molecule has 2 amide bonds. The van der Waals surface area contributed by atoms with E-state index >= 15 is 0 Å². The summed E-state index contributed by atoms with van der Waals surface area (Å²) in [6.07, 6.45) is -0.767. The molecule has 3 aromatic heterocycles. The maximum atomic E-state index is 13.2. The zero-order valence-corrected chi connectivity index (χ0v) is 19.5. The maximum Gasteiger partial charge on any atom is 0.434 e. The van der Waals surface area contributed by atoms with Gasteiger partial charge in [-0.05, 0) is 25.5 Å². The van der Waals surface area contributed by atoms with E-state index < -0.39 is 23.9 Å². The molecule has 35 heavy (non-hydrogen) atoms. The van der Waals surface area contributed by atoms with Crippen LogP contribution in [0.2, 0.25) is 0 Å². The molecule has 3 heterocycles. The van der Waals surface area contributed by atoms with Gasteiger partial charge in [0.25, 0.3) is 0 Å². The quantitative estimate of drug-likeness (QED) is 0.419. The molecular formula is C22H21F3N5O4S-. The number of nitrogens with one attached hydrogen (secondary N) is 2. The summed E-state index contributed by atoms with van der Waals surface area (Å²) in [7, 11) is 0. The van der Waals surface area contributed by atoms with Crippen molar-refractivity contribution in [1.82, 2.24) is 20.3 Å². The van der Waals surface area contributed by atoms with Crippen LogP contribution in [-0.2, 0) is 6.18 Å². The van der Waals surface area contributed by atoms with E-state index in [4.69, 9.17) is 4.74 Å². The number of pyridine rings is 2. The lowest BCUT2D eigenvalue weighted by atomic mass is 10.0. The Balaban J connectivity index is 2.18. The fourth-order valence-corrected chi connectivity index (χ4v) is 3.81. The third-order valence-electron chi connectivity index (χ3n) is 4.62. The van der Waals surface area contributed by atoms with Crippen LogP contribution in [0, 0.1) is 0 Å². The van der Waals surface area contributed by atoms with E-state index in [1.165, 1.54) is 18.3 Å². The number of unbranched alkanes of at least 4 members (excludes halogenated alkanes) is 1. The molecule has 0 saturated carbocycles. The number of rotatable bonds is 9. The van der Waals surface area contributed by atoms with Gasteiger partial charge in [0.05, 0.1) is 12.6 Å². The predicted octanol–water partition coefficient (Wildman–Crippen LogP) is 3.97. The topological polar surface area (TPSA) is 129 Å². The fourth-order valence-electron chi connectivity index (χ4n) is 2.95. The monoisotopic (exact) mass is 508 g/mol. The van der Waals surface area contributed by atoms with Crippen molar-refractivity contribution < 1.29 is 32.6 Å². The number of thiazole rings is 1. The van der Waals surface area contributed by atoms with Gasteiger partial charge in [-0.25, -0.2) is 19.7 Å². The second-order valence-electron chi connectivity index (χ2n) is 7.20. The second-order valence-corrected chi connectivity index (χ2v) is 8.06. The highest BCUT2D eigenvalue weighted by atomic mass is 32.1. The summed E-state index contributed by atoms with van der Waals surface area (Å²) in [6, 6.07) is 2.04. The standard InChI is InChI=1S/C22H22F3N5O4S/c1-3-5-6-34-18-13(7-12(9-28-18)20(31)32)15-10-27-17(30-21(33)26-4-2)8-14(15)19-29-16(11-35-19)22(23,24)25/h7-11H,3-6H2,1-2H3,(H,31,32)(H2,26,27,30,33)/p-1. The Labute approximate surface area is 202 Å². The van der Waals surface area contributed by atoms with Crippen LogP contribution in [0.15, 0.2) is 29.9 Å². The highest BCUT2D eigenvalue weighted by Crippen LogP contribution is 2.40. The number of amides is 2. The van der Waals surface area contributed by atoms with E-state index in [0.717, 1.165) is 29.3 Å². The lowest BCUT2D eigenvalue weighted by Gasteiger charge is -2.16. The van der Waals surface area contributed by atoms with Crippen LogP contribution in [-0.4, -0.2) is 40.1 Å². The van der Waals surface area contributed by atoms with Crippen LogP contribution >= 0.6 is 11.3 Å². The predicted molar refractivity (Wildman–Crippen MR) is 121 cm³/mol. The van der Waals surface area contributed by atoms with Crippen molar-refractivity contribution in [2.24, 2.45) is 0 Å². The number of carbonyl (C=O) groups excluding carboxylic acids is 2. The Morgan fingerprint density at radius 1 is 1.11 bits per heavy atom. The molecule has 0 aliphatic rings. The van der Waals surface area contributed by atoms with Gasteiger partial charge in [-0.15, -0.1) is 11.3 Å². The lowest BCUT2D eigenvalue weighted by Crippen LogP contribution is -2.28. The highest BCUT2D eigenvalue weighted by Gasteiger charge is 2.34. The summed E-state index contributed by atoms with van der Waals surface area (Å²) < 4.78 is 45.4. The van der Waals surface area contributed by atoms with Crippen LogP contribution < -0.4 is 20.5 Å². The van der Waals surface area contributed by atoms with Gasteiger partial charge in [0, 0.05) is 46.6 Å². The van der Waals surface area contributed by atoms with Gasteiger partial charge >= 0.3 is 12.2 Å². The molecule has 186 valence electrons. The molecule has 9 nitrogen and oxygen atoms in total. The first-order valence-electron chi connectivity index (χ1n) is 10.6. The molecule has 13 heteroatoms. The summed E-state index contributed by atoms with van der Waals surface area (Å²) in [5.41, 5.74) is -0.770. The number of aromatic carboxylic acids is 1. The van der Waals surface area contributed by atoms with E-state index in [9.17, 15) is 27.9 Å². The summed E-state index contributed by atoms with van der Waals surface area (Å²) in [4.78, 5) is 35.4. The van der Waals surface area contributed by atoms with Crippen LogP contribution in [0.5, 0.6) is 5.88 Å². The molecule has 0 saturated heterocycles. The average Bonchev–Trinajstić information content (AvgIpc) is 3.30. The van der Waals surface area contributed by atoms with Crippen molar-refractivity contribution in [3.63, 3.8) is 0 Å². The summed E-state index contributed by atoms with van der Waals surface area (Å²) in [5.74, 6) is -1.36. The number of hydrogen-bond donors (Lipinski definition) is 2. The average molecular weight is 509 g/mol. The zero-order valence-electron chi connectivity index (χ0n) is 18.7. The first-order valence-corrected chi connectivity index (χ1v) is 11.4. The molecule has 3 aromatic rings. The van der Waals surface area contributed by atoms with Crippen molar-refractivity contribution in [2.45, 2.75) is 32.9 Å². The minimum atomic E-state index is -4.66. The summed E-state index contributed by atoms with van der Waals surface area (Å²) in [6.45, 7) is 4.31. The maximum absolute atomic E-state index is 13.2. The van der Waals surface area contributed by atoms with Crippen LogP contribution in [0.3, 0.4) is 0 Å². The number of hydrogen-bond acceptors (Lipinski definition) is 8. The Morgan fingerprint density at radius 2 is 1.89 bits per heavy atom. The smallest absolute Gasteiger partial charge is 0.434 e. The van der Waals surface area contributed by atoms with Crippen LogP contribution in [0.1, 0.15) is 42.7 Å². The molecule has 3 rings (SSSR count). The molecule has 0 unspecified atom stereocenters. The van der Waals surface area contributed by atoms with E-state index in [0.29, 0.717) is 13.0 Å². The third kappa shape index (κ3) is 6.44. The van der Waals surface area contributed by atoms with Crippen LogP contribution in [0.25, 0.3) is 21.7 Å². The molecule has 0 fully saturated rings. The molecule has 0 bridgehead atoms. The first-order chi connectivity index (χ1) is 16.6. The minimum Gasteiger partial charge on any atom is -0.545 e.